The summed E-state index contributed by atoms with van der Waals surface area (Å²) in [7, 11) is 0. The minimum absolute atomic E-state index is 0. The lowest BCUT2D eigenvalue weighted by Gasteiger charge is -2.40. The molecule has 2 fully saturated rings. The Morgan fingerprint density at radius 2 is 1.86 bits per heavy atom. The summed E-state index contributed by atoms with van der Waals surface area (Å²) in [6.45, 7) is 2.97. The molecule has 0 radical (unpaired) electrons. The van der Waals surface area contributed by atoms with Crippen molar-refractivity contribution in [3.05, 3.63) is 59.8 Å². The van der Waals surface area contributed by atoms with Gasteiger partial charge in [0, 0.05) is 47.2 Å². The molecular weight excluding hydrogens is 523 g/mol. The molecule has 7 nitrogen and oxygen atoms in total. The Morgan fingerprint density at radius 1 is 1.08 bits per heavy atom. The minimum atomic E-state index is -2.69. The van der Waals surface area contributed by atoms with Gasteiger partial charge in [-0.15, -0.1) is 0 Å². The highest BCUT2D eigenvalue weighted by molar-refractivity contribution is 7.59. The van der Waals surface area contributed by atoms with E-state index in [0.717, 1.165) is 43.1 Å². The zero-order chi connectivity index (χ0) is 22.7. The van der Waals surface area contributed by atoms with E-state index in [0.29, 0.717) is 11.3 Å². The molecule has 4 aromatic rings. The van der Waals surface area contributed by atoms with E-state index in [4.69, 9.17) is 0 Å². The first-order chi connectivity index (χ1) is 16.0. The number of alkyl halides is 2. The molecule has 1 aromatic carbocycles. The van der Waals surface area contributed by atoms with Crippen LogP contribution in [-0.2, 0) is 6.54 Å². The number of hydrogen-bond donors (Lipinski definition) is 0. The van der Waals surface area contributed by atoms with Crippen LogP contribution < -0.4 is 0 Å². The third kappa shape index (κ3) is 4.47. The van der Waals surface area contributed by atoms with Crippen molar-refractivity contribution < 1.29 is 13.6 Å². The molecule has 194 valence electrons. The van der Waals surface area contributed by atoms with Gasteiger partial charge in [0.1, 0.15) is 12.0 Å². The van der Waals surface area contributed by atoms with E-state index in [9.17, 15) is 13.6 Å². The van der Waals surface area contributed by atoms with E-state index in [1.54, 1.807) is 4.52 Å². The Morgan fingerprint density at radius 3 is 2.61 bits per heavy atom. The molecule has 36 heavy (non-hydrogen) atoms. The Balaban J connectivity index is 0.00000120. The monoisotopic (exact) mass is 552 g/mol. The fraction of sp³-hybridized carbons (Fsp3) is 0.417. The highest BCUT2D eigenvalue weighted by Crippen LogP contribution is 2.45. The maximum absolute atomic E-state index is 13.7. The van der Waals surface area contributed by atoms with Gasteiger partial charge in [0.15, 0.2) is 0 Å². The first-order valence-electron chi connectivity index (χ1n) is 11.5. The molecule has 1 amide bonds. The Bertz CT molecular complexity index is 1380. The minimum Gasteiger partial charge on any atom is -0.348 e. The van der Waals surface area contributed by atoms with E-state index in [1.807, 2.05) is 35.4 Å². The number of halogens is 2. The van der Waals surface area contributed by atoms with Crippen molar-refractivity contribution in [3.8, 4) is 0 Å². The van der Waals surface area contributed by atoms with Crippen LogP contribution in [0, 0.1) is 0 Å². The fourth-order valence-corrected chi connectivity index (χ4v) is 5.80. The van der Waals surface area contributed by atoms with E-state index in [2.05, 4.69) is 26.6 Å². The maximum atomic E-state index is 13.7. The molecule has 0 N–H and O–H groups in total. The molecule has 0 unspecified atom stereocenters. The van der Waals surface area contributed by atoms with E-state index in [-0.39, 0.29) is 75.9 Å². The SMILES string of the molecule is CCn1ccc2cc(C(=O)N3[C@H]4CC[C@H](c5cc(C(F)F)nc6ncnn56)[C@@H]3CC4)ccc21.S.S.S. The second kappa shape index (κ2) is 11.0. The van der Waals surface area contributed by atoms with Gasteiger partial charge >= 0.3 is 0 Å². The van der Waals surface area contributed by atoms with Crippen LogP contribution in [-0.4, -0.2) is 47.0 Å². The highest BCUT2D eigenvalue weighted by Gasteiger charge is 2.46. The van der Waals surface area contributed by atoms with Crippen molar-refractivity contribution >= 4 is 63.1 Å². The molecule has 2 aliphatic heterocycles. The van der Waals surface area contributed by atoms with Crippen molar-refractivity contribution in [2.45, 2.75) is 63.6 Å². The number of nitrogens with zero attached hydrogens (tertiary/aromatic N) is 6. The van der Waals surface area contributed by atoms with Gasteiger partial charge in [0.05, 0.1) is 5.69 Å². The van der Waals surface area contributed by atoms with Gasteiger partial charge in [-0.1, -0.05) is 0 Å². The molecule has 2 bridgehead atoms. The summed E-state index contributed by atoms with van der Waals surface area (Å²) in [5.41, 5.74) is 2.14. The molecule has 3 aromatic heterocycles. The van der Waals surface area contributed by atoms with E-state index < -0.39 is 6.43 Å². The van der Waals surface area contributed by atoms with Crippen molar-refractivity contribution in [3.63, 3.8) is 0 Å². The predicted octanol–water partition coefficient (Wildman–Crippen LogP) is 4.93. The van der Waals surface area contributed by atoms with Gasteiger partial charge in [-0.25, -0.2) is 18.3 Å². The van der Waals surface area contributed by atoms with Gasteiger partial charge < -0.3 is 9.47 Å². The van der Waals surface area contributed by atoms with Crippen LogP contribution in [0.25, 0.3) is 16.7 Å². The van der Waals surface area contributed by atoms with Crippen LogP contribution in [0.5, 0.6) is 0 Å². The van der Waals surface area contributed by atoms with Crippen LogP contribution in [0.1, 0.15) is 66.7 Å². The lowest BCUT2D eigenvalue weighted by atomic mass is 9.86. The summed E-state index contributed by atoms with van der Waals surface area (Å²) in [6.07, 6.45) is 4.11. The van der Waals surface area contributed by atoms with Crippen molar-refractivity contribution in [1.29, 1.82) is 0 Å². The fourth-order valence-electron chi connectivity index (χ4n) is 5.80. The zero-order valence-corrected chi connectivity index (χ0v) is 22.7. The average Bonchev–Trinajstić information content (AvgIpc) is 3.53. The molecular formula is C24H30F2N6OS3. The maximum Gasteiger partial charge on any atom is 0.280 e. The molecule has 0 aliphatic carbocycles. The third-order valence-electron chi connectivity index (χ3n) is 7.32. The normalized spacial score (nSPS) is 20.8. The number of benzene rings is 1. The Kier molecular flexibility index (Phi) is 8.62. The van der Waals surface area contributed by atoms with Crippen LogP contribution in [0.15, 0.2) is 42.9 Å². The quantitative estimate of drug-likeness (QED) is 0.360. The predicted molar refractivity (Wildman–Crippen MR) is 149 cm³/mol. The van der Waals surface area contributed by atoms with E-state index >= 15 is 0 Å². The van der Waals surface area contributed by atoms with Crippen LogP contribution in [0.2, 0.25) is 0 Å². The molecule has 6 rings (SSSR count). The number of fused-ring (bicyclic) bond motifs is 4. The van der Waals surface area contributed by atoms with Gasteiger partial charge in [-0.2, -0.15) is 50.6 Å². The second-order valence-electron chi connectivity index (χ2n) is 8.95. The summed E-state index contributed by atoms with van der Waals surface area (Å²) in [6, 6.07) is 9.46. The molecule has 0 saturated carbocycles. The summed E-state index contributed by atoms with van der Waals surface area (Å²) in [5, 5.41) is 5.29. The number of piperidine rings is 1. The second-order valence-corrected chi connectivity index (χ2v) is 8.95. The van der Waals surface area contributed by atoms with Crippen LogP contribution in [0.3, 0.4) is 0 Å². The highest BCUT2D eigenvalue weighted by atomic mass is 32.1. The number of aromatic nitrogens is 5. The standard InChI is InChI=1S/C24H24F2N6O.3H2S/c1-2-30-10-9-14-11-15(3-7-19(14)30)23(33)31-16-4-6-17(20(31)8-5-16)21-12-18(22(25)26)29-24-27-13-28-32(21)24;;;/h3,7,9-13,16-17,20,22H,2,4-6,8H2,1H3;3*1H2/t16-,17-,20-;;;/m0.../s1. The topological polar surface area (TPSA) is 68.3 Å². The van der Waals surface area contributed by atoms with Gasteiger partial charge in [0.25, 0.3) is 18.1 Å². The molecule has 5 heterocycles. The molecule has 2 aliphatic rings. The first-order valence-corrected chi connectivity index (χ1v) is 11.5. The van der Waals surface area contributed by atoms with Gasteiger partial charge in [0.2, 0.25) is 0 Å². The van der Waals surface area contributed by atoms with Gasteiger partial charge in [-0.3, -0.25) is 4.79 Å². The lowest BCUT2D eigenvalue weighted by Crippen LogP contribution is -2.47. The number of carbonyl (C=O) groups excluding carboxylic acids is 1. The smallest absolute Gasteiger partial charge is 0.280 e. The summed E-state index contributed by atoms with van der Waals surface area (Å²) in [4.78, 5) is 23.7. The number of carbonyl (C=O) groups is 1. The molecule has 2 saturated heterocycles. The zero-order valence-electron chi connectivity index (χ0n) is 19.7. The Labute approximate surface area is 228 Å². The largest absolute Gasteiger partial charge is 0.348 e. The lowest BCUT2D eigenvalue weighted by molar-refractivity contribution is 0.0554. The van der Waals surface area contributed by atoms with Crippen LogP contribution in [0.4, 0.5) is 8.78 Å². The van der Waals surface area contributed by atoms with E-state index in [1.165, 1.54) is 12.4 Å². The molecule has 0 spiro atoms. The van der Waals surface area contributed by atoms with Crippen molar-refractivity contribution in [1.82, 2.24) is 29.0 Å². The molecule has 12 heteroatoms. The summed E-state index contributed by atoms with van der Waals surface area (Å²) in [5.74, 6) is 0.0883. The summed E-state index contributed by atoms with van der Waals surface area (Å²) < 4.78 is 30.8. The third-order valence-corrected chi connectivity index (χ3v) is 7.32. The van der Waals surface area contributed by atoms with Crippen molar-refractivity contribution in [2.75, 3.05) is 0 Å². The Hall–Kier alpha value is -2.31. The molecule has 3 atom stereocenters. The number of amides is 1. The van der Waals surface area contributed by atoms with Crippen molar-refractivity contribution in [2.24, 2.45) is 0 Å². The summed E-state index contributed by atoms with van der Waals surface area (Å²) >= 11 is 0. The number of hydrogen-bond acceptors (Lipinski definition) is 4. The number of aryl methyl sites for hydroxylation is 1. The number of rotatable bonds is 4. The first kappa shape index (κ1) is 28.3. The van der Waals surface area contributed by atoms with Gasteiger partial charge in [-0.05, 0) is 62.9 Å². The average molecular weight is 553 g/mol. The van der Waals surface area contributed by atoms with Crippen LogP contribution >= 0.6 is 40.5 Å².